The Hall–Kier alpha value is -3.39. The molecule has 2 N–H and O–H groups in total. The second kappa shape index (κ2) is 10.3. The van der Waals surface area contributed by atoms with E-state index in [-0.39, 0.29) is 36.8 Å². The van der Waals surface area contributed by atoms with E-state index in [1.807, 2.05) is 24.3 Å². The van der Waals surface area contributed by atoms with Gasteiger partial charge in [-0.15, -0.1) is 0 Å². The van der Waals surface area contributed by atoms with E-state index in [2.05, 4.69) is 29.6 Å². The van der Waals surface area contributed by atoms with Gasteiger partial charge in [-0.1, -0.05) is 48.5 Å². The van der Waals surface area contributed by atoms with E-state index in [4.69, 9.17) is 14.6 Å². The SMILES string of the molecule is CC(C(=O)O)N(C)C(=O)CC1COCCC1NC(=O)OCC1c2ccccc2-c2ccccc21. The van der Waals surface area contributed by atoms with Gasteiger partial charge in [-0.25, -0.2) is 9.59 Å². The van der Waals surface area contributed by atoms with Crippen LogP contribution in [0.15, 0.2) is 48.5 Å². The maximum Gasteiger partial charge on any atom is 0.407 e. The second-order valence-corrected chi connectivity index (χ2v) is 8.92. The molecule has 34 heavy (non-hydrogen) atoms. The molecule has 1 aliphatic heterocycles. The van der Waals surface area contributed by atoms with Gasteiger partial charge in [-0.3, -0.25) is 4.79 Å². The minimum Gasteiger partial charge on any atom is -0.480 e. The van der Waals surface area contributed by atoms with Crippen molar-refractivity contribution in [2.45, 2.75) is 37.8 Å². The van der Waals surface area contributed by atoms with Gasteiger partial charge in [-0.2, -0.15) is 0 Å². The number of hydrogen-bond donors (Lipinski definition) is 2. The lowest BCUT2D eigenvalue weighted by Crippen LogP contribution is -2.48. The monoisotopic (exact) mass is 466 g/mol. The summed E-state index contributed by atoms with van der Waals surface area (Å²) in [5.74, 6) is -1.66. The van der Waals surface area contributed by atoms with E-state index >= 15 is 0 Å². The number of nitrogens with one attached hydrogen (secondary N) is 1. The average molecular weight is 467 g/mol. The minimum absolute atomic E-state index is 0.0311. The molecular weight excluding hydrogens is 436 g/mol. The smallest absolute Gasteiger partial charge is 0.407 e. The Balaban J connectivity index is 1.37. The third-order valence-electron chi connectivity index (χ3n) is 6.89. The third kappa shape index (κ3) is 4.92. The van der Waals surface area contributed by atoms with Crippen LogP contribution in [-0.4, -0.2) is 66.9 Å². The number of carbonyl (C=O) groups excluding carboxylic acids is 2. The summed E-state index contributed by atoms with van der Waals surface area (Å²) in [7, 11) is 1.47. The lowest BCUT2D eigenvalue weighted by Gasteiger charge is -2.33. The Labute approximate surface area is 198 Å². The number of fused-ring (bicyclic) bond motifs is 3. The molecule has 2 aromatic rings. The molecule has 4 rings (SSSR count). The molecule has 8 nitrogen and oxygen atoms in total. The first kappa shape index (κ1) is 23.8. The molecule has 2 amide bonds. The fraction of sp³-hybridized carbons (Fsp3) is 0.423. The highest BCUT2D eigenvalue weighted by Crippen LogP contribution is 2.44. The first-order chi connectivity index (χ1) is 16.4. The molecule has 1 saturated heterocycles. The number of aliphatic carboxylic acids is 1. The lowest BCUT2D eigenvalue weighted by atomic mass is 9.92. The topological polar surface area (TPSA) is 105 Å². The van der Waals surface area contributed by atoms with E-state index in [0.717, 1.165) is 22.3 Å². The van der Waals surface area contributed by atoms with Crippen LogP contribution in [0, 0.1) is 5.92 Å². The molecule has 0 spiro atoms. The summed E-state index contributed by atoms with van der Waals surface area (Å²) in [5, 5.41) is 12.1. The van der Waals surface area contributed by atoms with Gasteiger partial charge in [0.15, 0.2) is 0 Å². The number of alkyl carbamates (subject to hydrolysis) is 1. The minimum atomic E-state index is -1.07. The number of carboxylic acids is 1. The largest absolute Gasteiger partial charge is 0.480 e. The molecule has 8 heteroatoms. The van der Waals surface area contributed by atoms with Gasteiger partial charge in [0.25, 0.3) is 0 Å². The Kier molecular flexibility index (Phi) is 7.17. The number of hydrogen-bond acceptors (Lipinski definition) is 5. The standard InChI is InChI=1S/C26H30N2O6/c1-16(25(30)31)28(2)24(29)13-17-14-33-12-11-23(17)27-26(32)34-15-22-20-9-5-3-7-18(20)19-8-4-6-10-21(19)22/h3-10,16-17,22-23H,11-15H2,1-2H3,(H,27,32)(H,30,31). The molecule has 0 radical (unpaired) electrons. The first-order valence-electron chi connectivity index (χ1n) is 11.5. The molecular formula is C26H30N2O6. The van der Waals surface area contributed by atoms with Gasteiger partial charge in [0, 0.05) is 38.0 Å². The molecule has 2 aliphatic rings. The molecule has 1 aliphatic carbocycles. The summed E-state index contributed by atoms with van der Waals surface area (Å²) in [6.45, 7) is 2.46. The summed E-state index contributed by atoms with van der Waals surface area (Å²) < 4.78 is 11.2. The number of carbonyl (C=O) groups is 3. The molecule has 0 bridgehead atoms. The summed E-state index contributed by atoms with van der Waals surface area (Å²) in [6, 6.07) is 15.1. The van der Waals surface area contributed by atoms with Gasteiger partial charge >= 0.3 is 12.1 Å². The number of amides is 2. The fourth-order valence-electron chi connectivity index (χ4n) is 4.73. The van der Waals surface area contributed by atoms with Crippen molar-refractivity contribution in [2.24, 2.45) is 5.92 Å². The van der Waals surface area contributed by atoms with E-state index in [9.17, 15) is 14.4 Å². The molecule has 0 aromatic heterocycles. The van der Waals surface area contributed by atoms with Crippen LogP contribution in [0.3, 0.4) is 0 Å². The normalized spacial score (nSPS) is 20.1. The maximum absolute atomic E-state index is 12.7. The van der Waals surface area contributed by atoms with Crippen molar-refractivity contribution in [1.82, 2.24) is 10.2 Å². The lowest BCUT2D eigenvalue weighted by molar-refractivity contribution is -0.149. The van der Waals surface area contributed by atoms with Crippen LogP contribution in [0.5, 0.6) is 0 Å². The summed E-state index contributed by atoms with van der Waals surface area (Å²) >= 11 is 0. The van der Waals surface area contributed by atoms with Gasteiger partial charge in [-0.05, 0) is 35.6 Å². The summed E-state index contributed by atoms with van der Waals surface area (Å²) in [6.07, 6.45) is 0.112. The zero-order valence-corrected chi connectivity index (χ0v) is 19.4. The Morgan fingerprint density at radius 2 is 1.74 bits per heavy atom. The fourth-order valence-corrected chi connectivity index (χ4v) is 4.73. The highest BCUT2D eigenvalue weighted by molar-refractivity contribution is 5.83. The van der Waals surface area contributed by atoms with Gasteiger partial charge in [0.05, 0.1) is 6.61 Å². The Morgan fingerprint density at radius 1 is 1.12 bits per heavy atom. The summed E-state index contributed by atoms with van der Waals surface area (Å²) in [5.41, 5.74) is 4.60. The van der Waals surface area contributed by atoms with Crippen molar-refractivity contribution < 1.29 is 29.0 Å². The van der Waals surface area contributed by atoms with E-state index in [1.165, 1.54) is 18.9 Å². The number of carboxylic acid groups (broad SMARTS) is 1. The van der Waals surface area contributed by atoms with Crippen molar-refractivity contribution in [2.75, 3.05) is 26.9 Å². The van der Waals surface area contributed by atoms with Gasteiger partial charge in [0.1, 0.15) is 12.6 Å². The number of rotatable bonds is 7. The van der Waals surface area contributed by atoms with Crippen LogP contribution < -0.4 is 5.32 Å². The van der Waals surface area contributed by atoms with Crippen LogP contribution in [0.2, 0.25) is 0 Å². The van der Waals surface area contributed by atoms with Gasteiger partial charge in [0.2, 0.25) is 5.91 Å². The van der Waals surface area contributed by atoms with E-state index < -0.39 is 18.1 Å². The van der Waals surface area contributed by atoms with Crippen molar-refractivity contribution >= 4 is 18.0 Å². The van der Waals surface area contributed by atoms with E-state index in [1.54, 1.807) is 0 Å². The van der Waals surface area contributed by atoms with E-state index in [0.29, 0.717) is 19.6 Å². The zero-order chi connectivity index (χ0) is 24.2. The number of nitrogens with zero attached hydrogens (tertiary/aromatic N) is 1. The zero-order valence-electron chi connectivity index (χ0n) is 19.4. The molecule has 1 heterocycles. The van der Waals surface area contributed by atoms with Crippen molar-refractivity contribution in [3.05, 3.63) is 59.7 Å². The second-order valence-electron chi connectivity index (χ2n) is 8.92. The Bertz CT molecular complexity index is 1030. The molecule has 3 atom stereocenters. The van der Waals surface area contributed by atoms with Crippen LogP contribution in [0.1, 0.15) is 36.8 Å². The van der Waals surface area contributed by atoms with Crippen LogP contribution in [0.4, 0.5) is 4.79 Å². The Morgan fingerprint density at radius 3 is 2.35 bits per heavy atom. The molecule has 180 valence electrons. The average Bonchev–Trinajstić information content (AvgIpc) is 3.16. The van der Waals surface area contributed by atoms with Crippen molar-refractivity contribution in [3.8, 4) is 11.1 Å². The predicted octanol–water partition coefficient (Wildman–Crippen LogP) is 3.25. The quantitative estimate of drug-likeness (QED) is 0.649. The van der Waals surface area contributed by atoms with Crippen LogP contribution in [-0.2, 0) is 19.1 Å². The molecule has 0 saturated carbocycles. The van der Waals surface area contributed by atoms with Gasteiger partial charge < -0.3 is 24.8 Å². The van der Waals surface area contributed by atoms with Crippen molar-refractivity contribution in [1.29, 1.82) is 0 Å². The highest BCUT2D eigenvalue weighted by atomic mass is 16.5. The number of benzene rings is 2. The molecule has 2 aromatic carbocycles. The number of ether oxygens (including phenoxy) is 2. The molecule has 1 fully saturated rings. The van der Waals surface area contributed by atoms with Crippen molar-refractivity contribution in [3.63, 3.8) is 0 Å². The molecule has 3 unspecified atom stereocenters. The summed E-state index contributed by atoms with van der Waals surface area (Å²) in [4.78, 5) is 37.7. The van der Waals surface area contributed by atoms with Crippen LogP contribution >= 0.6 is 0 Å². The predicted molar refractivity (Wildman–Crippen MR) is 125 cm³/mol. The van der Waals surface area contributed by atoms with Crippen LogP contribution in [0.25, 0.3) is 11.1 Å². The maximum atomic E-state index is 12.7. The number of likely N-dealkylation sites (N-methyl/N-ethyl adjacent to an activating group) is 1. The third-order valence-corrected chi connectivity index (χ3v) is 6.89. The highest BCUT2D eigenvalue weighted by Gasteiger charge is 2.33. The first-order valence-corrected chi connectivity index (χ1v) is 11.5.